The van der Waals surface area contributed by atoms with E-state index in [0.717, 1.165) is 16.7 Å². The van der Waals surface area contributed by atoms with Gasteiger partial charge in [-0.05, 0) is 29.5 Å². The van der Waals surface area contributed by atoms with Gasteiger partial charge in [-0.3, -0.25) is 0 Å². The lowest BCUT2D eigenvalue weighted by atomic mass is 9.94. The third-order valence-electron chi connectivity index (χ3n) is 3.49. The average Bonchev–Trinajstić information content (AvgIpc) is 2.47. The Morgan fingerprint density at radius 1 is 1.14 bits per heavy atom. The fourth-order valence-electron chi connectivity index (χ4n) is 2.24. The van der Waals surface area contributed by atoms with E-state index in [1.807, 2.05) is 48.5 Å². The van der Waals surface area contributed by atoms with Gasteiger partial charge in [-0.1, -0.05) is 61.0 Å². The van der Waals surface area contributed by atoms with Crippen LogP contribution in [0.15, 0.2) is 48.5 Å². The molecule has 2 rings (SSSR count). The van der Waals surface area contributed by atoms with Gasteiger partial charge in [0, 0.05) is 10.6 Å². The first-order chi connectivity index (χ1) is 9.99. The van der Waals surface area contributed by atoms with E-state index in [9.17, 15) is 9.90 Å². The molecule has 4 heteroatoms. The second kappa shape index (κ2) is 6.74. The standard InChI is InChI=1S/C17H17ClO3/c1-11(16(19)17(20)21)10-12-6-8-13(9-7-12)14-4-2-3-5-15(14)18/h2-9,11,16,19H,10H2,1H3,(H,20,21). The molecule has 0 aliphatic rings. The minimum Gasteiger partial charge on any atom is -0.479 e. The molecule has 0 amide bonds. The maximum absolute atomic E-state index is 10.7. The molecule has 0 aromatic heterocycles. The summed E-state index contributed by atoms with van der Waals surface area (Å²) in [6, 6.07) is 15.4. The molecule has 0 fully saturated rings. The summed E-state index contributed by atoms with van der Waals surface area (Å²) in [6.45, 7) is 1.72. The molecule has 2 aromatic rings. The number of aliphatic hydroxyl groups excluding tert-OH is 1. The maximum atomic E-state index is 10.7. The second-order valence-corrected chi connectivity index (χ2v) is 5.55. The van der Waals surface area contributed by atoms with Crippen LogP contribution >= 0.6 is 11.6 Å². The van der Waals surface area contributed by atoms with Gasteiger partial charge in [0.25, 0.3) is 0 Å². The Morgan fingerprint density at radius 3 is 2.33 bits per heavy atom. The van der Waals surface area contributed by atoms with Crippen LogP contribution in [0.3, 0.4) is 0 Å². The van der Waals surface area contributed by atoms with Crippen molar-refractivity contribution in [2.45, 2.75) is 19.4 Å². The summed E-state index contributed by atoms with van der Waals surface area (Å²) in [4.78, 5) is 10.7. The Balaban J connectivity index is 2.13. The molecule has 2 atom stereocenters. The summed E-state index contributed by atoms with van der Waals surface area (Å²) in [5.74, 6) is -1.52. The number of carboxylic acid groups (broad SMARTS) is 1. The Hall–Kier alpha value is -1.84. The Labute approximate surface area is 128 Å². The summed E-state index contributed by atoms with van der Waals surface area (Å²) >= 11 is 6.16. The van der Waals surface area contributed by atoms with Crippen molar-refractivity contribution >= 4 is 17.6 Å². The summed E-state index contributed by atoms with van der Waals surface area (Å²) in [5.41, 5.74) is 2.96. The Bertz CT molecular complexity index is 622. The van der Waals surface area contributed by atoms with Gasteiger partial charge in [0.1, 0.15) is 0 Å². The molecule has 0 spiro atoms. The van der Waals surface area contributed by atoms with E-state index in [2.05, 4.69) is 0 Å². The number of carboxylic acids is 1. The van der Waals surface area contributed by atoms with Crippen molar-refractivity contribution < 1.29 is 15.0 Å². The van der Waals surface area contributed by atoms with Crippen molar-refractivity contribution in [2.75, 3.05) is 0 Å². The molecule has 0 aliphatic heterocycles. The lowest BCUT2D eigenvalue weighted by Crippen LogP contribution is -2.28. The Kier molecular flexibility index (Phi) is 4.99. The molecular weight excluding hydrogens is 288 g/mol. The van der Waals surface area contributed by atoms with E-state index in [1.165, 1.54) is 0 Å². The topological polar surface area (TPSA) is 57.5 Å². The average molecular weight is 305 g/mol. The van der Waals surface area contributed by atoms with Crippen molar-refractivity contribution in [3.8, 4) is 11.1 Å². The van der Waals surface area contributed by atoms with E-state index >= 15 is 0 Å². The Morgan fingerprint density at radius 2 is 1.76 bits per heavy atom. The van der Waals surface area contributed by atoms with Crippen molar-refractivity contribution in [3.63, 3.8) is 0 Å². The fourth-order valence-corrected chi connectivity index (χ4v) is 2.49. The highest BCUT2D eigenvalue weighted by Crippen LogP contribution is 2.28. The van der Waals surface area contributed by atoms with Crippen LogP contribution in [0.1, 0.15) is 12.5 Å². The van der Waals surface area contributed by atoms with E-state index in [0.29, 0.717) is 11.4 Å². The minimum atomic E-state index is -1.34. The minimum absolute atomic E-state index is 0.339. The number of halogens is 1. The molecule has 2 N–H and O–H groups in total. The molecule has 0 aliphatic carbocycles. The van der Waals surface area contributed by atoms with Gasteiger partial charge in [0.15, 0.2) is 6.10 Å². The number of hydrogen-bond donors (Lipinski definition) is 2. The molecule has 0 radical (unpaired) electrons. The molecule has 2 aromatic carbocycles. The first-order valence-electron chi connectivity index (χ1n) is 6.73. The highest BCUT2D eigenvalue weighted by molar-refractivity contribution is 6.33. The van der Waals surface area contributed by atoms with Gasteiger partial charge in [0.05, 0.1) is 0 Å². The monoisotopic (exact) mass is 304 g/mol. The van der Waals surface area contributed by atoms with Gasteiger partial charge in [-0.2, -0.15) is 0 Å². The summed E-state index contributed by atoms with van der Waals surface area (Å²) < 4.78 is 0. The van der Waals surface area contributed by atoms with Crippen molar-refractivity contribution in [2.24, 2.45) is 5.92 Å². The first kappa shape index (κ1) is 15.5. The van der Waals surface area contributed by atoms with Crippen LogP contribution in [-0.2, 0) is 11.2 Å². The zero-order valence-electron chi connectivity index (χ0n) is 11.7. The largest absolute Gasteiger partial charge is 0.479 e. The second-order valence-electron chi connectivity index (χ2n) is 5.14. The quantitative estimate of drug-likeness (QED) is 0.887. The van der Waals surface area contributed by atoms with Crippen LogP contribution in [0, 0.1) is 5.92 Å². The van der Waals surface area contributed by atoms with Crippen molar-refractivity contribution in [3.05, 3.63) is 59.1 Å². The SMILES string of the molecule is CC(Cc1ccc(-c2ccccc2Cl)cc1)C(O)C(=O)O. The van der Waals surface area contributed by atoms with Crippen LogP contribution in [-0.4, -0.2) is 22.3 Å². The van der Waals surface area contributed by atoms with Gasteiger partial charge >= 0.3 is 5.97 Å². The van der Waals surface area contributed by atoms with E-state index in [4.69, 9.17) is 16.7 Å². The van der Waals surface area contributed by atoms with E-state index < -0.39 is 12.1 Å². The molecule has 0 heterocycles. The number of carbonyl (C=O) groups is 1. The maximum Gasteiger partial charge on any atom is 0.332 e. The lowest BCUT2D eigenvalue weighted by Gasteiger charge is -2.15. The van der Waals surface area contributed by atoms with E-state index in [-0.39, 0.29) is 5.92 Å². The molecular formula is C17H17ClO3. The normalized spacial score (nSPS) is 13.7. The number of aliphatic carboxylic acids is 1. The van der Waals surface area contributed by atoms with Crippen LogP contribution in [0.5, 0.6) is 0 Å². The summed E-state index contributed by atoms with van der Waals surface area (Å²) in [5, 5.41) is 19.0. The third-order valence-corrected chi connectivity index (χ3v) is 3.82. The zero-order valence-corrected chi connectivity index (χ0v) is 12.4. The fraction of sp³-hybridized carbons (Fsp3) is 0.235. The molecule has 3 nitrogen and oxygen atoms in total. The molecule has 0 saturated carbocycles. The van der Waals surface area contributed by atoms with Crippen molar-refractivity contribution in [1.29, 1.82) is 0 Å². The first-order valence-corrected chi connectivity index (χ1v) is 7.11. The predicted octanol–water partition coefficient (Wildman–Crippen LogP) is 3.63. The van der Waals surface area contributed by atoms with E-state index in [1.54, 1.807) is 6.92 Å². The lowest BCUT2D eigenvalue weighted by molar-refractivity contribution is -0.149. The van der Waals surface area contributed by atoms with Gasteiger partial charge in [-0.25, -0.2) is 4.79 Å². The number of rotatable bonds is 5. The summed E-state index contributed by atoms with van der Waals surface area (Å²) in [7, 11) is 0. The van der Waals surface area contributed by atoms with Crippen LogP contribution < -0.4 is 0 Å². The third kappa shape index (κ3) is 3.84. The molecule has 0 bridgehead atoms. The van der Waals surface area contributed by atoms with Crippen LogP contribution in [0.4, 0.5) is 0 Å². The van der Waals surface area contributed by atoms with Gasteiger partial charge in [0.2, 0.25) is 0 Å². The van der Waals surface area contributed by atoms with Crippen LogP contribution in [0.25, 0.3) is 11.1 Å². The predicted molar refractivity (Wildman–Crippen MR) is 83.4 cm³/mol. The van der Waals surface area contributed by atoms with Gasteiger partial charge < -0.3 is 10.2 Å². The number of aliphatic hydroxyl groups is 1. The molecule has 2 unspecified atom stereocenters. The highest BCUT2D eigenvalue weighted by atomic mass is 35.5. The van der Waals surface area contributed by atoms with Crippen LogP contribution in [0.2, 0.25) is 5.02 Å². The summed E-state index contributed by atoms with van der Waals surface area (Å²) in [6.07, 6.45) is -0.829. The number of hydrogen-bond acceptors (Lipinski definition) is 2. The smallest absolute Gasteiger partial charge is 0.332 e. The molecule has 21 heavy (non-hydrogen) atoms. The van der Waals surface area contributed by atoms with Gasteiger partial charge in [-0.15, -0.1) is 0 Å². The zero-order chi connectivity index (χ0) is 15.4. The van der Waals surface area contributed by atoms with Crippen molar-refractivity contribution in [1.82, 2.24) is 0 Å². The molecule has 0 saturated heterocycles. The molecule has 110 valence electrons. The highest BCUT2D eigenvalue weighted by Gasteiger charge is 2.21. The number of benzene rings is 2.